The summed E-state index contributed by atoms with van der Waals surface area (Å²) in [5, 5.41) is 0.339. The highest BCUT2D eigenvalue weighted by Gasteiger charge is 2.48. The lowest BCUT2D eigenvalue weighted by Gasteiger charge is -2.53. The van der Waals surface area contributed by atoms with Gasteiger partial charge >= 0.3 is 0 Å². The number of hydrogen-bond acceptors (Lipinski definition) is 6. The predicted octanol–water partition coefficient (Wildman–Crippen LogP) is 4.76. The molecule has 6 nitrogen and oxygen atoms in total. The zero-order valence-corrected chi connectivity index (χ0v) is 17.6. The monoisotopic (exact) mass is 440 g/mol. The average Bonchev–Trinajstić information content (AvgIpc) is 2.70. The third-order valence-electron chi connectivity index (χ3n) is 6.36. The van der Waals surface area contributed by atoms with Gasteiger partial charge in [0.05, 0.1) is 11.5 Å². The summed E-state index contributed by atoms with van der Waals surface area (Å²) in [5.41, 5.74) is 0.309. The molecule has 0 N–H and O–H groups in total. The van der Waals surface area contributed by atoms with Gasteiger partial charge < -0.3 is 14.4 Å². The molecule has 0 bridgehead atoms. The van der Waals surface area contributed by atoms with Crippen LogP contribution in [0.5, 0.6) is 0 Å². The lowest BCUT2D eigenvalue weighted by molar-refractivity contribution is -0.223. The molecule has 156 valence electrons. The zero-order chi connectivity index (χ0) is 20.0. The van der Waals surface area contributed by atoms with Gasteiger partial charge in [0, 0.05) is 25.9 Å². The van der Waals surface area contributed by atoms with Crippen LogP contribution in [0.3, 0.4) is 0 Å². The fourth-order valence-corrected chi connectivity index (χ4v) is 5.29. The lowest BCUT2D eigenvalue weighted by atomic mass is 9.62. The molecule has 1 spiro atoms. The molecule has 3 aliphatic rings. The minimum atomic E-state index is -0.661. The number of hydrogen-bond donors (Lipinski definition) is 0. The molecule has 2 aromatic rings. The van der Waals surface area contributed by atoms with E-state index in [4.69, 9.17) is 32.7 Å². The van der Waals surface area contributed by atoms with Crippen LogP contribution in [0.25, 0.3) is 10.9 Å². The van der Waals surface area contributed by atoms with E-state index in [1.165, 1.54) is 12.6 Å². The number of fused-ring (bicyclic) bond motifs is 1. The maximum atomic E-state index is 14.4. The molecule has 1 aliphatic carbocycles. The Morgan fingerprint density at radius 1 is 1.21 bits per heavy atom. The molecule has 1 unspecified atom stereocenters. The van der Waals surface area contributed by atoms with E-state index in [1.54, 1.807) is 0 Å². The maximum Gasteiger partial charge on any atom is 0.225 e. The van der Waals surface area contributed by atoms with Crippen molar-refractivity contribution in [3.05, 3.63) is 22.5 Å². The minimum Gasteiger partial charge on any atom is -0.355 e. The number of anilines is 1. The summed E-state index contributed by atoms with van der Waals surface area (Å²) in [4.78, 5) is 14.6. The first-order valence-corrected chi connectivity index (χ1v) is 11.0. The van der Waals surface area contributed by atoms with Gasteiger partial charge in [-0.3, -0.25) is 0 Å². The van der Waals surface area contributed by atoms with Gasteiger partial charge in [0.25, 0.3) is 0 Å². The van der Waals surface area contributed by atoms with Crippen molar-refractivity contribution >= 4 is 39.9 Å². The van der Waals surface area contributed by atoms with E-state index in [1.807, 2.05) is 0 Å². The number of pyridine rings is 1. The Bertz CT molecular complexity index is 919. The van der Waals surface area contributed by atoms with Crippen molar-refractivity contribution in [1.82, 2.24) is 15.0 Å². The smallest absolute Gasteiger partial charge is 0.225 e. The van der Waals surface area contributed by atoms with Crippen LogP contribution in [0.4, 0.5) is 10.2 Å². The first-order valence-electron chi connectivity index (χ1n) is 10.2. The molecular weight excluding hydrogens is 418 g/mol. The molecule has 2 saturated heterocycles. The molecule has 2 aromatic heterocycles. The average molecular weight is 441 g/mol. The normalized spacial score (nSPS) is 30.0. The quantitative estimate of drug-likeness (QED) is 0.506. The Kier molecular flexibility index (Phi) is 5.26. The van der Waals surface area contributed by atoms with Crippen LogP contribution < -0.4 is 4.90 Å². The topological polar surface area (TPSA) is 60.4 Å². The number of nitrogens with zero attached hydrogens (tertiary/aromatic N) is 4. The minimum absolute atomic E-state index is 0.0116. The molecule has 4 heterocycles. The molecular formula is C20H23Cl2FN4O2. The van der Waals surface area contributed by atoms with Crippen molar-refractivity contribution in [2.45, 2.75) is 57.3 Å². The van der Waals surface area contributed by atoms with Crippen LogP contribution in [0.2, 0.25) is 10.4 Å². The molecule has 1 atom stereocenters. The number of piperidine rings is 1. The SMILES string of the molecule is Fc1c(Cl)ncc2c(N3CCCC4(CC(OC5CCCCO5)C4)C3)nc(Cl)nc12. The standard InChI is InChI=1S/C20H23Cl2FN4O2/c21-17-15(23)16-13(10-24-17)18(26-19(22)25-16)27-6-3-5-20(11-27)8-12(9-20)29-14-4-1-2-7-28-14/h10,12,14H,1-9,11H2. The first-order chi connectivity index (χ1) is 14.0. The highest BCUT2D eigenvalue weighted by molar-refractivity contribution is 6.30. The van der Waals surface area contributed by atoms with Crippen molar-refractivity contribution < 1.29 is 13.9 Å². The second-order valence-corrected chi connectivity index (χ2v) is 9.13. The van der Waals surface area contributed by atoms with E-state index in [0.717, 1.165) is 58.2 Å². The van der Waals surface area contributed by atoms with Crippen LogP contribution in [0.1, 0.15) is 44.9 Å². The molecule has 2 aliphatic heterocycles. The van der Waals surface area contributed by atoms with E-state index in [-0.39, 0.29) is 33.8 Å². The molecule has 0 amide bonds. The van der Waals surface area contributed by atoms with E-state index in [2.05, 4.69) is 19.9 Å². The summed E-state index contributed by atoms with van der Waals surface area (Å²) < 4.78 is 26.3. The Hall–Kier alpha value is -1.28. The van der Waals surface area contributed by atoms with Crippen molar-refractivity contribution in [3.8, 4) is 0 Å². The molecule has 3 fully saturated rings. The second-order valence-electron chi connectivity index (χ2n) is 8.43. The van der Waals surface area contributed by atoms with Gasteiger partial charge in [-0.25, -0.2) is 14.4 Å². The Morgan fingerprint density at radius 3 is 2.86 bits per heavy atom. The Morgan fingerprint density at radius 2 is 2.07 bits per heavy atom. The van der Waals surface area contributed by atoms with Crippen LogP contribution in [-0.4, -0.2) is 47.0 Å². The Balaban J connectivity index is 1.33. The van der Waals surface area contributed by atoms with Gasteiger partial charge in [0.15, 0.2) is 17.3 Å². The van der Waals surface area contributed by atoms with Gasteiger partial charge in [-0.1, -0.05) is 11.6 Å². The summed E-state index contributed by atoms with van der Waals surface area (Å²) in [5.74, 6) is -0.0341. The summed E-state index contributed by atoms with van der Waals surface area (Å²) in [7, 11) is 0. The van der Waals surface area contributed by atoms with Crippen molar-refractivity contribution in [2.75, 3.05) is 24.6 Å². The molecule has 0 aromatic carbocycles. The largest absolute Gasteiger partial charge is 0.355 e. The second kappa shape index (κ2) is 7.76. The fraction of sp³-hybridized carbons (Fsp3) is 0.650. The van der Waals surface area contributed by atoms with Crippen LogP contribution in [0, 0.1) is 11.2 Å². The lowest BCUT2D eigenvalue weighted by Crippen LogP contribution is -2.54. The summed E-state index contributed by atoms with van der Waals surface area (Å²) >= 11 is 11.9. The predicted molar refractivity (Wildman–Crippen MR) is 109 cm³/mol. The van der Waals surface area contributed by atoms with Crippen molar-refractivity contribution in [3.63, 3.8) is 0 Å². The molecule has 0 radical (unpaired) electrons. The van der Waals surface area contributed by atoms with E-state index in [0.29, 0.717) is 11.2 Å². The first kappa shape index (κ1) is 19.7. The highest BCUT2D eigenvalue weighted by atomic mass is 35.5. The molecule has 5 rings (SSSR count). The number of halogens is 3. The third-order valence-corrected chi connectivity index (χ3v) is 6.79. The van der Waals surface area contributed by atoms with Crippen LogP contribution in [-0.2, 0) is 9.47 Å². The van der Waals surface area contributed by atoms with Gasteiger partial charge in [-0.2, -0.15) is 4.98 Å². The number of rotatable bonds is 3. The summed E-state index contributed by atoms with van der Waals surface area (Å²) in [6.07, 6.45) is 9.24. The van der Waals surface area contributed by atoms with E-state index < -0.39 is 5.82 Å². The van der Waals surface area contributed by atoms with Gasteiger partial charge in [-0.05, 0) is 62.0 Å². The summed E-state index contributed by atoms with van der Waals surface area (Å²) in [6.45, 7) is 2.48. The molecule has 1 saturated carbocycles. The van der Waals surface area contributed by atoms with Crippen LogP contribution >= 0.6 is 23.2 Å². The van der Waals surface area contributed by atoms with Gasteiger partial charge in [0.1, 0.15) is 11.3 Å². The van der Waals surface area contributed by atoms with E-state index >= 15 is 0 Å². The van der Waals surface area contributed by atoms with Gasteiger partial charge in [0.2, 0.25) is 5.28 Å². The highest BCUT2D eigenvalue weighted by Crippen LogP contribution is 2.50. The molecule has 9 heteroatoms. The van der Waals surface area contributed by atoms with E-state index in [9.17, 15) is 4.39 Å². The Labute approximate surface area is 178 Å². The number of ether oxygens (including phenoxy) is 2. The van der Waals surface area contributed by atoms with Crippen molar-refractivity contribution in [1.29, 1.82) is 0 Å². The third kappa shape index (κ3) is 3.78. The van der Waals surface area contributed by atoms with Crippen molar-refractivity contribution in [2.24, 2.45) is 5.41 Å². The molecule has 29 heavy (non-hydrogen) atoms. The fourth-order valence-electron chi connectivity index (χ4n) is 4.99. The summed E-state index contributed by atoms with van der Waals surface area (Å²) in [6, 6.07) is 0. The number of aromatic nitrogens is 3. The van der Waals surface area contributed by atoms with Gasteiger partial charge in [-0.15, -0.1) is 0 Å². The van der Waals surface area contributed by atoms with Crippen LogP contribution in [0.15, 0.2) is 6.20 Å². The maximum absolute atomic E-state index is 14.4. The zero-order valence-electron chi connectivity index (χ0n) is 16.0.